The highest BCUT2D eigenvalue weighted by Crippen LogP contribution is 2.00. The van der Waals surface area contributed by atoms with Crippen molar-refractivity contribution in [2.75, 3.05) is 7.11 Å². The molecule has 1 rings (SSSR count). The minimum Gasteiger partial charge on any atom is -0.469 e. The molecule has 0 aromatic heterocycles. The molecule has 1 aromatic rings. The van der Waals surface area contributed by atoms with Crippen LogP contribution in [-0.2, 0) is 21.0 Å². The lowest BCUT2D eigenvalue weighted by Gasteiger charge is -1.98. The van der Waals surface area contributed by atoms with Gasteiger partial charge in [-0.25, -0.2) is 0 Å². The number of hydrogen-bond acceptors (Lipinski definition) is 4. The summed E-state index contributed by atoms with van der Waals surface area (Å²) in [6, 6.07) is 9.67. The standard InChI is InChI=1S/C11H13NO3/c1-14-11(13)7-8-12-15-9-10-5-3-2-4-6-10/h2-6,8H,7,9H2,1H3. The molecule has 4 nitrogen and oxygen atoms in total. The fourth-order valence-electron chi connectivity index (χ4n) is 0.934. The Morgan fingerprint density at radius 1 is 1.40 bits per heavy atom. The van der Waals surface area contributed by atoms with Crippen LogP contribution in [0, 0.1) is 0 Å². The Hall–Kier alpha value is -1.84. The van der Waals surface area contributed by atoms with E-state index in [-0.39, 0.29) is 12.4 Å². The molecular formula is C11H13NO3. The van der Waals surface area contributed by atoms with Crippen molar-refractivity contribution in [2.45, 2.75) is 13.0 Å². The number of hydrogen-bond donors (Lipinski definition) is 0. The van der Waals surface area contributed by atoms with Gasteiger partial charge in [0, 0.05) is 0 Å². The highest BCUT2D eigenvalue weighted by molar-refractivity contribution is 5.85. The fraction of sp³-hybridized carbons (Fsp3) is 0.273. The summed E-state index contributed by atoms with van der Waals surface area (Å²) in [6.45, 7) is 0.401. The largest absolute Gasteiger partial charge is 0.469 e. The second-order valence-electron chi connectivity index (χ2n) is 2.83. The number of carbonyl (C=O) groups excluding carboxylic acids is 1. The summed E-state index contributed by atoms with van der Waals surface area (Å²) in [4.78, 5) is 15.7. The lowest BCUT2D eigenvalue weighted by molar-refractivity contribution is -0.139. The molecule has 1 aromatic carbocycles. The average Bonchev–Trinajstić information content (AvgIpc) is 2.29. The van der Waals surface area contributed by atoms with Crippen LogP contribution in [-0.4, -0.2) is 19.3 Å². The van der Waals surface area contributed by atoms with E-state index in [9.17, 15) is 4.79 Å². The molecule has 0 saturated heterocycles. The van der Waals surface area contributed by atoms with Gasteiger partial charge in [0.2, 0.25) is 0 Å². The van der Waals surface area contributed by atoms with E-state index < -0.39 is 0 Å². The number of rotatable bonds is 5. The number of ether oxygens (including phenoxy) is 1. The molecular weight excluding hydrogens is 194 g/mol. The third kappa shape index (κ3) is 4.81. The van der Waals surface area contributed by atoms with Crippen molar-refractivity contribution >= 4 is 12.2 Å². The molecule has 0 atom stereocenters. The third-order valence-corrected chi connectivity index (χ3v) is 1.71. The Morgan fingerprint density at radius 3 is 2.80 bits per heavy atom. The van der Waals surface area contributed by atoms with Gasteiger partial charge in [0.15, 0.2) is 0 Å². The topological polar surface area (TPSA) is 47.9 Å². The molecule has 0 amide bonds. The maximum absolute atomic E-state index is 10.7. The van der Waals surface area contributed by atoms with E-state index in [1.807, 2.05) is 30.3 Å². The van der Waals surface area contributed by atoms with Gasteiger partial charge in [0.1, 0.15) is 6.61 Å². The molecule has 15 heavy (non-hydrogen) atoms. The Bertz CT molecular complexity index is 322. The van der Waals surface area contributed by atoms with Crippen molar-refractivity contribution in [3.8, 4) is 0 Å². The molecule has 0 N–H and O–H groups in total. The summed E-state index contributed by atoms with van der Waals surface area (Å²) in [6.07, 6.45) is 1.51. The minimum atomic E-state index is -0.331. The van der Waals surface area contributed by atoms with Crippen LogP contribution in [0.1, 0.15) is 12.0 Å². The van der Waals surface area contributed by atoms with Crippen molar-refractivity contribution in [3.05, 3.63) is 35.9 Å². The molecule has 80 valence electrons. The smallest absolute Gasteiger partial charge is 0.311 e. The molecule has 0 aliphatic rings. The van der Waals surface area contributed by atoms with Gasteiger partial charge in [-0.1, -0.05) is 35.5 Å². The molecule has 0 bridgehead atoms. The second-order valence-corrected chi connectivity index (χ2v) is 2.83. The number of carbonyl (C=O) groups is 1. The van der Waals surface area contributed by atoms with Gasteiger partial charge >= 0.3 is 5.97 Å². The first-order valence-corrected chi connectivity index (χ1v) is 4.57. The Kier molecular flexibility index (Phi) is 4.94. The monoisotopic (exact) mass is 207 g/mol. The van der Waals surface area contributed by atoms with Gasteiger partial charge in [0.25, 0.3) is 0 Å². The summed E-state index contributed by atoms with van der Waals surface area (Å²) in [5, 5.41) is 3.63. The molecule has 0 heterocycles. The van der Waals surface area contributed by atoms with Crippen molar-refractivity contribution in [3.63, 3.8) is 0 Å². The van der Waals surface area contributed by atoms with Crippen LogP contribution in [0.4, 0.5) is 0 Å². The Morgan fingerprint density at radius 2 is 2.13 bits per heavy atom. The van der Waals surface area contributed by atoms with Gasteiger partial charge in [-0.3, -0.25) is 4.79 Å². The van der Waals surface area contributed by atoms with E-state index in [0.29, 0.717) is 6.61 Å². The van der Waals surface area contributed by atoms with Crippen LogP contribution in [0.15, 0.2) is 35.5 Å². The van der Waals surface area contributed by atoms with Crippen LogP contribution in [0.5, 0.6) is 0 Å². The number of benzene rings is 1. The number of esters is 1. The van der Waals surface area contributed by atoms with Crippen LogP contribution in [0.3, 0.4) is 0 Å². The Labute approximate surface area is 88.5 Å². The van der Waals surface area contributed by atoms with Crippen LogP contribution in [0.2, 0.25) is 0 Å². The predicted octanol–water partition coefficient (Wildman–Crippen LogP) is 1.75. The lowest BCUT2D eigenvalue weighted by atomic mass is 10.2. The van der Waals surface area contributed by atoms with Gasteiger partial charge in [0.05, 0.1) is 19.7 Å². The SMILES string of the molecule is COC(=O)CC=NOCc1ccccc1. The zero-order valence-electron chi connectivity index (χ0n) is 8.55. The van der Waals surface area contributed by atoms with E-state index in [0.717, 1.165) is 5.56 Å². The first kappa shape index (κ1) is 11.2. The molecule has 0 radical (unpaired) electrons. The Balaban J connectivity index is 2.19. The molecule has 0 spiro atoms. The second kappa shape index (κ2) is 6.59. The summed E-state index contributed by atoms with van der Waals surface area (Å²) in [5.74, 6) is -0.331. The first-order valence-electron chi connectivity index (χ1n) is 4.57. The summed E-state index contributed by atoms with van der Waals surface area (Å²) in [5.41, 5.74) is 1.03. The van der Waals surface area contributed by atoms with E-state index in [1.54, 1.807) is 0 Å². The zero-order chi connectivity index (χ0) is 10.9. The first-order chi connectivity index (χ1) is 7.33. The van der Waals surface area contributed by atoms with Crippen LogP contribution >= 0.6 is 0 Å². The van der Waals surface area contributed by atoms with Crippen molar-refractivity contribution in [2.24, 2.45) is 5.16 Å². The molecule has 0 fully saturated rings. The summed E-state index contributed by atoms with van der Waals surface area (Å²) < 4.78 is 4.43. The van der Waals surface area contributed by atoms with Crippen molar-refractivity contribution in [1.82, 2.24) is 0 Å². The summed E-state index contributed by atoms with van der Waals surface area (Å²) >= 11 is 0. The number of methoxy groups -OCH3 is 1. The van der Waals surface area contributed by atoms with E-state index >= 15 is 0 Å². The van der Waals surface area contributed by atoms with Crippen LogP contribution in [0.25, 0.3) is 0 Å². The molecule has 0 unspecified atom stereocenters. The van der Waals surface area contributed by atoms with E-state index in [2.05, 4.69) is 9.89 Å². The number of nitrogens with zero attached hydrogens (tertiary/aromatic N) is 1. The van der Waals surface area contributed by atoms with E-state index in [4.69, 9.17) is 4.84 Å². The van der Waals surface area contributed by atoms with Crippen LogP contribution < -0.4 is 0 Å². The quantitative estimate of drug-likeness (QED) is 0.420. The van der Waals surface area contributed by atoms with E-state index in [1.165, 1.54) is 13.3 Å². The van der Waals surface area contributed by atoms with Gasteiger partial charge < -0.3 is 9.57 Å². The van der Waals surface area contributed by atoms with Gasteiger partial charge in [-0.05, 0) is 5.56 Å². The molecule has 0 saturated carbocycles. The normalized spacial score (nSPS) is 10.2. The fourth-order valence-corrected chi connectivity index (χ4v) is 0.934. The summed E-state index contributed by atoms with van der Waals surface area (Å²) in [7, 11) is 1.33. The third-order valence-electron chi connectivity index (χ3n) is 1.71. The van der Waals surface area contributed by atoms with Crippen molar-refractivity contribution in [1.29, 1.82) is 0 Å². The zero-order valence-corrected chi connectivity index (χ0v) is 8.55. The average molecular weight is 207 g/mol. The predicted molar refractivity (Wildman–Crippen MR) is 56.4 cm³/mol. The maximum Gasteiger partial charge on any atom is 0.311 e. The highest BCUT2D eigenvalue weighted by atomic mass is 16.6. The minimum absolute atomic E-state index is 0.130. The molecule has 4 heteroatoms. The molecule has 0 aliphatic carbocycles. The van der Waals surface area contributed by atoms with Crippen molar-refractivity contribution < 1.29 is 14.4 Å². The maximum atomic E-state index is 10.7. The van der Waals surface area contributed by atoms with Gasteiger partial charge in [-0.15, -0.1) is 0 Å². The highest BCUT2D eigenvalue weighted by Gasteiger charge is 1.94. The molecule has 0 aliphatic heterocycles. The van der Waals surface area contributed by atoms with Gasteiger partial charge in [-0.2, -0.15) is 0 Å². The number of oxime groups is 1. The lowest BCUT2D eigenvalue weighted by Crippen LogP contribution is -2.00.